The van der Waals surface area contributed by atoms with E-state index < -0.39 is 15.9 Å². The van der Waals surface area contributed by atoms with E-state index in [9.17, 15) is 13.2 Å². The molecule has 120 valence electrons. The van der Waals surface area contributed by atoms with Gasteiger partial charge in [0.05, 0.1) is 5.56 Å². The first-order valence-corrected chi connectivity index (χ1v) is 8.57. The molecule has 0 atom stereocenters. The van der Waals surface area contributed by atoms with Crippen molar-refractivity contribution in [3.63, 3.8) is 0 Å². The minimum absolute atomic E-state index is 0.0961. The van der Waals surface area contributed by atoms with Gasteiger partial charge in [-0.3, -0.25) is 15.6 Å². The predicted molar refractivity (Wildman–Crippen MR) is 89.1 cm³/mol. The third kappa shape index (κ3) is 2.24. The highest BCUT2D eigenvalue weighted by atomic mass is 32.2. The fourth-order valence-electron chi connectivity index (χ4n) is 2.64. The molecule has 8 heteroatoms. The number of nitrogens with one attached hydrogen (secondary N) is 3. The summed E-state index contributed by atoms with van der Waals surface area (Å²) < 4.78 is 27.6. The van der Waals surface area contributed by atoms with Crippen molar-refractivity contribution >= 4 is 32.7 Å². The van der Waals surface area contributed by atoms with Crippen LogP contribution in [0.3, 0.4) is 0 Å². The van der Waals surface area contributed by atoms with Gasteiger partial charge in [0.25, 0.3) is 15.9 Å². The maximum Gasteiger partial charge on any atom is 0.285 e. The number of sulfonamides is 1. The molecule has 0 saturated heterocycles. The number of carbonyl (C=O) groups is 1. The number of amides is 1. The van der Waals surface area contributed by atoms with Crippen molar-refractivity contribution in [3.8, 4) is 0 Å². The van der Waals surface area contributed by atoms with Gasteiger partial charge in [0.1, 0.15) is 4.90 Å². The second-order valence-corrected chi connectivity index (χ2v) is 6.81. The Morgan fingerprint density at radius 1 is 1.04 bits per heavy atom. The van der Waals surface area contributed by atoms with Crippen LogP contribution in [0.5, 0.6) is 0 Å². The van der Waals surface area contributed by atoms with Crippen LogP contribution in [0.15, 0.2) is 64.0 Å². The number of fused-ring (bicyclic) bond motifs is 2. The topological polar surface area (TPSA) is 103 Å². The number of nitrogens with zero attached hydrogens (tertiary/aromatic N) is 1. The Morgan fingerprint density at radius 3 is 2.67 bits per heavy atom. The first-order chi connectivity index (χ1) is 11.6. The predicted octanol–water partition coefficient (Wildman–Crippen LogP) is 1.55. The molecule has 0 aliphatic carbocycles. The van der Waals surface area contributed by atoms with Gasteiger partial charge in [0.15, 0.2) is 5.84 Å². The Kier molecular flexibility index (Phi) is 3.14. The molecule has 0 fully saturated rings. The lowest BCUT2D eigenvalue weighted by Crippen LogP contribution is -2.41. The second kappa shape index (κ2) is 5.20. The van der Waals surface area contributed by atoms with Gasteiger partial charge in [-0.1, -0.05) is 30.3 Å². The second-order valence-electron chi connectivity index (χ2n) is 5.24. The van der Waals surface area contributed by atoms with E-state index in [2.05, 4.69) is 20.2 Å². The van der Waals surface area contributed by atoms with Crippen molar-refractivity contribution < 1.29 is 13.2 Å². The first-order valence-electron chi connectivity index (χ1n) is 7.13. The van der Waals surface area contributed by atoms with Crippen molar-refractivity contribution in [2.75, 3.05) is 0 Å². The summed E-state index contributed by atoms with van der Waals surface area (Å²) in [4.78, 5) is 15.5. The lowest BCUT2D eigenvalue weighted by molar-refractivity contribution is 0.0945. The highest BCUT2D eigenvalue weighted by Gasteiger charge is 2.28. The molecule has 3 N–H and O–H groups in total. The van der Waals surface area contributed by atoms with Crippen LogP contribution < -0.4 is 10.9 Å². The van der Waals surface area contributed by atoms with Crippen LogP contribution in [0.2, 0.25) is 0 Å². The van der Waals surface area contributed by atoms with Gasteiger partial charge in [-0.25, -0.2) is 0 Å². The van der Waals surface area contributed by atoms with Gasteiger partial charge in [-0.15, -0.1) is 4.40 Å². The minimum Gasteiger partial charge on any atom is -0.360 e. The quantitative estimate of drug-likeness (QED) is 0.585. The van der Waals surface area contributed by atoms with Gasteiger partial charge in [0.2, 0.25) is 0 Å². The summed E-state index contributed by atoms with van der Waals surface area (Å²) in [6.45, 7) is 0. The van der Waals surface area contributed by atoms with Crippen LogP contribution >= 0.6 is 0 Å². The Hall–Kier alpha value is -3.13. The Bertz CT molecular complexity index is 1100. The normalized spacial score (nSPS) is 14.9. The maximum atomic E-state index is 12.4. The molecule has 0 radical (unpaired) electrons. The molecule has 2 heterocycles. The number of H-pyrrole nitrogens is 1. The maximum absolute atomic E-state index is 12.4. The molecule has 1 aliphatic rings. The van der Waals surface area contributed by atoms with Crippen LogP contribution in [0.4, 0.5) is 0 Å². The number of benzene rings is 2. The molecule has 4 rings (SSSR count). The number of amidine groups is 1. The molecule has 0 bridgehead atoms. The molecule has 24 heavy (non-hydrogen) atoms. The van der Waals surface area contributed by atoms with Crippen molar-refractivity contribution in [1.29, 1.82) is 0 Å². The molecule has 1 amide bonds. The van der Waals surface area contributed by atoms with Gasteiger partial charge < -0.3 is 4.98 Å². The Morgan fingerprint density at radius 2 is 1.79 bits per heavy atom. The molecule has 1 aliphatic heterocycles. The van der Waals surface area contributed by atoms with Crippen molar-refractivity contribution in [3.05, 3.63) is 65.9 Å². The van der Waals surface area contributed by atoms with E-state index in [0.29, 0.717) is 11.1 Å². The number of carbonyl (C=O) groups excluding carboxylic acids is 1. The summed E-state index contributed by atoms with van der Waals surface area (Å²) in [5.74, 6) is -0.296. The van der Waals surface area contributed by atoms with E-state index in [1.165, 1.54) is 6.07 Å². The SMILES string of the molecule is O=C(NNC1=NS(=O)(=O)c2ccccc21)c1c[nH]c2ccccc12. The molecule has 0 spiro atoms. The summed E-state index contributed by atoms with van der Waals surface area (Å²) in [6.07, 6.45) is 1.60. The molecule has 7 nitrogen and oxygen atoms in total. The lowest BCUT2D eigenvalue weighted by atomic mass is 10.2. The number of aromatic amines is 1. The van der Waals surface area contributed by atoms with Crippen molar-refractivity contribution in [1.82, 2.24) is 15.8 Å². The zero-order valence-corrected chi connectivity index (χ0v) is 13.1. The molecule has 2 aromatic carbocycles. The van der Waals surface area contributed by atoms with E-state index in [0.717, 1.165) is 10.9 Å². The van der Waals surface area contributed by atoms with Gasteiger partial charge in [0, 0.05) is 22.7 Å². The first kappa shape index (κ1) is 14.5. The zero-order chi connectivity index (χ0) is 16.7. The van der Waals surface area contributed by atoms with Crippen molar-refractivity contribution in [2.45, 2.75) is 4.90 Å². The molecule has 3 aromatic rings. The van der Waals surface area contributed by atoms with Crippen LogP contribution in [-0.4, -0.2) is 25.1 Å². The molecule has 1 aromatic heterocycles. The molecule has 0 unspecified atom stereocenters. The fourth-order valence-corrected chi connectivity index (χ4v) is 3.81. The van der Waals surface area contributed by atoms with E-state index >= 15 is 0 Å². The lowest BCUT2D eigenvalue weighted by Gasteiger charge is -2.07. The summed E-state index contributed by atoms with van der Waals surface area (Å²) >= 11 is 0. The van der Waals surface area contributed by atoms with Crippen molar-refractivity contribution in [2.24, 2.45) is 4.40 Å². The number of hydrogen-bond donors (Lipinski definition) is 3. The number of hydrogen-bond acceptors (Lipinski definition) is 4. The van der Waals surface area contributed by atoms with Gasteiger partial charge in [-0.05, 0) is 18.2 Å². The summed E-state index contributed by atoms with van der Waals surface area (Å²) in [7, 11) is -3.72. The molecule has 0 saturated carbocycles. The van der Waals surface area contributed by atoms with E-state index in [-0.39, 0.29) is 10.7 Å². The summed E-state index contributed by atoms with van der Waals surface area (Å²) in [6, 6.07) is 13.8. The van der Waals surface area contributed by atoms with Crippen LogP contribution in [0.1, 0.15) is 15.9 Å². The summed E-state index contributed by atoms with van der Waals surface area (Å²) in [5.41, 5.74) is 6.82. The number of para-hydroxylation sites is 1. The fraction of sp³-hybridized carbons (Fsp3) is 0. The zero-order valence-electron chi connectivity index (χ0n) is 12.3. The van der Waals surface area contributed by atoms with Crippen LogP contribution in [-0.2, 0) is 10.0 Å². The van der Waals surface area contributed by atoms with Crippen LogP contribution in [0.25, 0.3) is 10.9 Å². The Labute approximate surface area is 137 Å². The highest BCUT2D eigenvalue weighted by Crippen LogP contribution is 2.24. The number of aromatic nitrogens is 1. The largest absolute Gasteiger partial charge is 0.360 e. The number of hydrazine groups is 1. The third-order valence-corrected chi connectivity index (χ3v) is 5.09. The summed E-state index contributed by atoms with van der Waals surface area (Å²) in [5, 5.41) is 0.776. The molecular formula is C16H12N4O3S. The average molecular weight is 340 g/mol. The van der Waals surface area contributed by atoms with Crippen LogP contribution in [0, 0.1) is 0 Å². The third-order valence-electron chi connectivity index (χ3n) is 3.76. The molecular weight excluding hydrogens is 328 g/mol. The van der Waals surface area contributed by atoms with E-state index in [4.69, 9.17) is 0 Å². The highest BCUT2D eigenvalue weighted by molar-refractivity contribution is 7.90. The standard InChI is InChI=1S/C16H12N4O3S/c21-16(12-9-17-13-7-3-1-5-10(12)13)19-18-15-11-6-2-4-8-14(11)24(22,23)20-15/h1-9,17H,(H,18,20)(H,19,21). The Balaban J connectivity index is 1.59. The van der Waals surface area contributed by atoms with E-state index in [1.54, 1.807) is 24.4 Å². The monoisotopic (exact) mass is 340 g/mol. The van der Waals surface area contributed by atoms with E-state index in [1.807, 2.05) is 24.3 Å². The van der Waals surface area contributed by atoms with Gasteiger partial charge in [-0.2, -0.15) is 8.42 Å². The van der Waals surface area contributed by atoms with Gasteiger partial charge >= 0.3 is 0 Å². The smallest absolute Gasteiger partial charge is 0.285 e. The minimum atomic E-state index is -3.72. The number of rotatable bonds is 1. The average Bonchev–Trinajstić information content (AvgIpc) is 3.12.